The second-order valence-electron chi connectivity index (χ2n) is 6.89. The minimum absolute atomic E-state index is 0.136. The largest absolute Gasteiger partial charge is 0.504 e. The zero-order chi connectivity index (χ0) is 17.3. The van der Waals surface area contributed by atoms with Crippen molar-refractivity contribution >= 4 is 11.6 Å². The SMILES string of the molecule is Cc1cc2c(c(O)c1O)C1(C)C=CC(=O)C(C)(C)C1=C(O)C2=O. The van der Waals surface area contributed by atoms with E-state index < -0.39 is 28.1 Å². The van der Waals surface area contributed by atoms with Gasteiger partial charge in [-0.25, -0.2) is 0 Å². The van der Waals surface area contributed by atoms with Gasteiger partial charge >= 0.3 is 0 Å². The molecule has 23 heavy (non-hydrogen) atoms. The Bertz CT molecular complexity index is 841. The molecule has 120 valence electrons. The lowest BCUT2D eigenvalue weighted by Gasteiger charge is -2.44. The molecule has 0 aromatic heterocycles. The molecule has 3 rings (SSSR count). The lowest BCUT2D eigenvalue weighted by molar-refractivity contribution is -0.121. The molecule has 0 bridgehead atoms. The number of carbonyl (C=O) groups is 2. The van der Waals surface area contributed by atoms with Gasteiger partial charge in [0.2, 0.25) is 5.78 Å². The van der Waals surface area contributed by atoms with Gasteiger partial charge in [0, 0.05) is 22.1 Å². The Hall–Kier alpha value is -2.56. The Morgan fingerprint density at radius 3 is 2.22 bits per heavy atom. The van der Waals surface area contributed by atoms with E-state index in [9.17, 15) is 24.9 Å². The zero-order valence-electron chi connectivity index (χ0n) is 13.4. The Morgan fingerprint density at radius 2 is 1.61 bits per heavy atom. The smallest absolute Gasteiger partial charge is 0.227 e. The fourth-order valence-corrected chi connectivity index (χ4v) is 3.79. The van der Waals surface area contributed by atoms with Gasteiger partial charge in [-0.3, -0.25) is 9.59 Å². The van der Waals surface area contributed by atoms with E-state index in [0.717, 1.165) is 0 Å². The van der Waals surface area contributed by atoms with Crippen molar-refractivity contribution in [1.82, 2.24) is 0 Å². The van der Waals surface area contributed by atoms with E-state index in [0.29, 0.717) is 5.56 Å². The molecule has 0 heterocycles. The molecule has 3 N–H and O–H groups in total. The molecular formula is C18H18O5. The predicted molar refractivity (Wildman–Crippen MR) is 83.8 cm³/mol. The van der Waals surface area contributed by atoms with Crippen LogP contribution in [0.1, 0.15) is 42.3 Å². The fourth-order valence-electron chi connectivity index (χ4n) is 3.79. The number of aromatic hydroxyl groups is 2. The number of Topliss-reactive ketones (excluding diaryl/α,β-unsaturated/α-hetero) is 1. The van der Waals surface area contributed by atoms with Crippen LogP contribution in [-0.4, -0.2) is 26.9 Å². The van der Waals surface area contributed by atoms with Crippen LogP contribution in [0.15, 0.2) is 29.6 Å². The van der Waals surface area contributed by atoms with Crippen LogP contribution in [0.4, 0.5) is 0 Å². The van der Waals surface area contributed by atoms with Crippen molar-refractivity contribution in [3.05, 3.63) is 46.2 Å². The van der Waals surface area contributed by atoms with Crippen LogP contribution < -0.4 is 0 Å². The monoisotopic (exact) mass is 314 g/mol. The Balaban J connectivity index is 2.50. The lowest BCUT2D eigenvalue weighted by atomic mass is 9.57. The van der Waals surface area contributed by atoms with Gasteiger partial charge in [0.05, 0.1) is 5.41 Å². The fraction of sp³-hybridized carbons (Fsp3) is 0.333. The number of phenolic OH excluding ortho intramolecular Hbond substituents is 2. The molecule has 1 atom stereocenters. The summed E-state index contributed by atoms with van der Waals surface area (Å²) in [5.41, 5.74) is -1.21. The lowest BCUT2D eigenvalue weighted by Crippen LogP contribution is -2.45. The van der Waals surface area contributed by atoms with Gasteiger partial charge in [-0.2, -0.15) is 0 Å². The molecule has 0 spiro atoms. The summed E-state index contributed by atoms with van der Waals surface area (Å²) in [6.07, 6.45) is 2.96. The number of rotatable bonds is 0. The van der Waals surface area contributed by atoms with Crippen molar-refractivity contribution in [2.75, 3.05) is 0 Å². The number of carbonyl (C=O) groups excluding carboxylic acids is 2. The van der Waals surface area contributed by atoms with Gasteiger partial charge in [0.1, 0.15) is 0 Å². The molecule has 5 nitrogen and oxygen atoms in total. The molecule has 1 unspecified atom stereocenters. The van der Waals surface area contributed by atoms with Crippen LogP contribution in [-0.2, 0) is 10.2 Å². The average molecular weight is 314 g/mol. The van der Waals surface area contributed by atoms with Crippen molar-refractivity contribution in [2.45, 2.75) is 33.1 Å². The molecule has 0 fully saturated rings. The third-order valence-corrected chi connectivity index (χ3v) is 5.01. The van der Waals surface area contributed by atoms with Gasteiger partial charge < -0.3 is 15.3 Å². The number of aryl methyl sites for hydroxylation is 1. The summed E-state index contributed by atoms with van der Waals surface area (Å²) in [6, 6.07) is 1.45. The van der Waals surface area contributed by atoms with Gasteiger partial charge in [0.25, 0.3) is 0 Å². The van der Waals surface area contributed by atoms with E-state index in [1.165, 1.54) is 12.1 Å². The van der Waals surface area contributed by atoms with Gasteiger partial charge in [-0.1, -0.05) is 6.08 Å². The molecular weight excluding hydrogens is 296 g/mol. The maximum atomic E-state index is 12.6. The number of hydrogen-bond donors (Lipinski definition) is 3. The molecule has 0 saturated heterocycles. The number of phenols is 2. The number of ketones is 2. The van der Waals surface area contributed by atoms with E-state index in [-0.39, 0.29) is 28.2 Å². The molecule has 1 aromatic carbocycles. The Labute approximate surface area is 133 Å². The topological polar surface area (TPSA) is 94.8 Å². The summed E-state index contributed by atoms with van der Waals surface area (Å²) >= 11 is 0. The van der Waals surface area contributed by atoms with E-state index in [4.69, 9.17) is 0 Å². The normalized spacial score (nSPS) is 25.4. The summed E-state index contributed by atoms with van der Waals surface area (Å²) < 4.78 is 0. The number of benzene rings is 1. The van der Waals surface area contributed by atoms with E-state index >= 15 is 0 Å². The first kappa shape index (κ1) is 15.3. The summed E-state index contributed by atoms with van der Waals surface area (Å²) in [7, 11) is 0. The maximum absolute atomic E-state index is 12.6. The average Bonchev–Trinajstić information content (AvgIpc) is 2.46. The summed E-state index contributed by atoms with van der Waals surface area (Å²) in [4.78, 5) is 24.8. The van der Waals surface area contributed by atoms with E-state index in [1.54, 1.807) is 33.8 Å². The predicted octanol–water partition coefficient (Wildman–Crippen LogP) is 2.84. The molecule has 2 aliphatic carbocycles. The number of hydrogen-bond acceptors (Lipinski definition) is 5. The molecule has 0 aliphatic heterocycles. The zero-order valence-corrected chi connectivity index (χ0v) is 13.4. The summed E-state index contributed by atoms with van der Waals surface area (Å²) in [5, 5.41) is 31.0. The van der Waals surface area contributed by atoms with Gasteiger partial charge in [-0.15, -0.1) is 0 Å². The molecule has 0 radical (unpaired) electrons. The quantitative estimate of drug-likeness (QED) is 0.640. The van der Waals surface area contributed by atoms with Crippen LogP contribution in [0.5, 0.6) is 11.5 Å². The highest BCUT2D eigenvalue weighted by molar-refractivity contribution is 6.14. The molecule has 0 saturated carbocycles. The van der Waals surface area contributed by atoms with E-state index in [2.05, 4.69) is 0 Å². The first-order valence-corrected chi connectivity index (χ1v) is 7.32. The van der Waals surface area contributed by atoms with Gasteiger partial charge in [-0.05, 0) is 45.4 Å². The summed E-state index contributed by atoms with van der Waals surface area (Å²) in [6.45, 7) is 6.53. The maximum Gasteiger partial charge on any atom is 0.227 e. The number of aliphatic hydroxyl groups excluding tert-OH is 1. The molecule has 5 heteroatoms. The van der Waals surface area contributed by atoms with E-state index in [1.807, 2.05) is 0 Å². The number of allylic oxidation sites excluding steroid dienone is 4. The van der Waals surface area contributed by atoms with Crippen LogP contribution in [0.2, 0.25) is 0 Å². The standard InChI is InChI=1S/C18H18O5/c1-8-7-9-11(14(22)12(8)20)18(4)6-5-10(19)17(2,3)16(18)15(23)13(9)21/h5-7,20,22-23H,1-4H3. The molecule has 0 amide bonds. The van der Waals surface area contributed by atoms with Crippen LogP contribution in [0.25, 0.3) is 0 Å². The Morgan fingerprint density at radius 1 is 1.00 bits per heavy atom. The van der Waals surface area contributed by atoms with Crippen LogP contribution >= 0.6 is 0 Å². The third kappa shape index (κ3) is 1.67. The number of fused-ring (bicyclic) bond motifs is 3. The van der Waals surface area contributed by atoms with Crippen molar-refractivity contribution < 1.29 is 24.9 Å². The first-order valence-electron chi connectivity index (χ1n) is 7.32. The summed E-state index contributed by atoms with van der Waals surface area (Å²) in [5.74, 6) is -2.05. The third-order valence-electron chi connectivity index (χ3n) is 5.01. The van der Waals surface area contributed by atoms with Crippen LogP contribution in [0, 0.1) is 12.3 Å². The van der Waals surface area contributed by atoms with Crippen LogP contribution in [0.3, 0.4) is 0 Å². The van der Waals surface area contributed by atoms with Crippen molar-refractivity contribution in [1.29, 1.82) is 0 Å². The number of aliphatic hydroxyl groups is 1. The Kier molecular flexibility index (Phi) is 2.83. The van der Waals surface area contributed by atoms with Crippen molar-refractivity contribution in [3.63, 3.8) is 0 Å². The highest BCUT2D eigenvalue weighted by atomic mass is 16.3. The second kappa shape index (κ2) is 4.25. The molecule has 2 aliphatic rings. The minimum Gasteiger partial charge on any atom is -0.504 e. The second-order valence-corrected chi connectivity index (χ2v) is 6.89. The minimum atomic E-state index is -1.09. The molecule has 1 aromatic rings. The van der Waals surface area contributed by atoms with Crippen molar-refractivity contribution in [3.8, 4) is 11.5 Å². The van der Waals surface area contributed by atoms with Gasteiger partial charge in [0.15, 0.2) is 23.0 Å². The first-order chi connectivity index (χ1) is 10.5. The highest BCUT2D eigenvalue weighted by Gasteiger charge is 2.53. The highest BCUT2D eigenvalue weighted by Crippen LogP contribution is 2.56. The van der Waals surface area contributed by atoms with Crippen molar-refractivity contribution in [2.24, 2.45) is 5.41 Å².